The highest BCUT2D eigenvalue weighted by Crippen LogP contribution is 2.23. The highest BCUT2D eigenvalue weighted by atomic mass is 32.1. The first-order chi connectivity index (χ1) is 11.5. The fraction of sp³-hybridized carbons (Fsp3) is 0.118. The zero-order chi connectivity index (χ0) is 17.5. The Morgan fingerprint density at radius 2 is 1.79 bits per heavy atom. The van der Waals surface area contributed by atoms with Crippen LogP contribution < -0.4 is 10.6 Å². The van der Waals surface area contributed by atoms with E-state index in [1.54, 1.807) is 41.8 Å². The topological polar surface area (TPSA) is 84.5 Å². The van der Waals surface area contributed by atoms with Gasteiger partial charge in [-0.15, -0.1) is 11.3 Å². The van der Waals surface area contributed by atoms with Gasteiger partial charge in [-0.1, -0.05) is 12.1 Å². The maximum Gasteiger partial charge on any atom is 0.350 e. The number of rotatable bonds is 5. The minimum absolute atomic E-state index is 0.144. The van der Waals surface area contributed by atoms with Crippen molar-refractivity contribution in [2.24, 2.45) is 0 Å². The van der Waals surface area contributed by atoms with E-state index in [2.05, 4.69) is 15.4 Å². The molecule has 2 amide bonds. The second kappa shape index (κ2) is 8.07. The van der Waals surface area contributed by atoms with Gasteiger partial charge in [0, 0.05) is 18.7 Å². The summed E-state index contributed by atoms with van der Waals surface area (Å²) in [6.45, 7) is 1.44. The summed E-state index contributed by atoms with van der Waals surface area (Å²) in [4.78, 5) is 34.8. The molecule has 6 nitrogen and oxygen atoms in total. The van der Waals surface area contributed by atoms with Crippen LogP contribution in [-0.2, 0) is 14.3 Å². The molecule has 124 valence electrons. The molecule has 0 atom stereocenters. The summed E-state index contributed by atoms with van der Waals surface area (Å²) in [6.07, 6.45) is 3.00. The zero-order valence-corrected chi connectivity index (χ0v) is 14.0. The van der Waals surface area contributed by atoms with Crippen LogP contribution in [0.2, 0.25) is 0 Å². The minimum atomic E-state index is -0.488. The van der Waals surface area contributed by atoms with Gasteiger partial charge in [0.2, 0.25) is 11.8 Å². The predicted octanol–water partition coefficient (Wildman–Crippen LogP) is 3.15. The molecule has 1 aromatic carbocycles. The van der Waals surface area contributed by atoms with E-state index >= 15 is 0 Å². The van der Waals surface area contributed by atoms with Crippen LogP contribution in [0.15, 0.2) is 41.8 Å². The third-order valence-corrected chi connectivity index (χ3v) is 3.85. The third-order valence-electron chi connectivity index (χ3n) is 2.95. The van der Waals surface area contributed by atoms with Gasteiger partial charge in [0.15, 0.2) is 0 Å². The van der Waals surface area contributed by atoms with E-state index in [0.29, 0.717) is 16.3 Å². The Kier molecular flexibility index (Phi) is 5.86. The lowest BCUT2D eigenvalue weighted by atomic mass is 10.2. The number of benzene rings is 1. The molecule has 0 bridgehead atoms. The third kappa shape index (κ3) is 4.79. The number of hydrogen-bond donors (Lipinski definition) is 2. The summed E-state index contributed by atoms with van der Waals surface area (Å²) < 4.78 is 4.66. The van der Waals surface area contributed by atoms with Crippen LogP contribution in [-0.4, -0.2) is 24.9 Å². The Bertz CT molecular complexity index is 778. The van der Waals surface area contributed by atoms with Crippen molar-refractivity contribution in [3.05, 3.63) is 52.2 Å². The Morgan fingerprint density at radius 3 is 2.42 bits per heavy atom. The average molecular weight is 344 g/mol. The molecule has 0 unspecified atom stereocenters. The summed E-state index contributed by atoms with van der Waals surface area (Å²) in [5.41, 5.74) is 1.91. The number of esters is 1. The fourth-order valence-electron chi connectivity index (χ4n) is 1.89. The summed E-state index contributed by atoms with van der Waals surface area (Å²) >= 11 is 1.20. The van der Waals surface area contributed by atoms with E-state index in [1.807, 2.05) is 0 Å². The molecular weight excluding hydrogens is 328 g/mol. The monoisotopic (exact) mass is 344 g/mol. The van der Waals surface area contributed by atoms with Crippen molar-refractivity contribution in [3.63, 3.8) is 0 Å². The summed E-state index contributed by atoms with van der Waals surface area (Å²) in [5, 5.41) is 7.01. The molecule has 0 radical (unpaired) electrons. The maximum atomic E-state index is 12.0. The molecule has 2 N–H and O–H groups in total. The van der Waals surface area contributed by atoms with Gasteiger partial charge >= 0.3 is 5.97 Å². The number of methoxy groups -OCH3 is 1. The Morgan fingerprint density at radius 1 is 1.08 bits per heavy atom. The number of carbonyl (C=O) groups is 3. The molecule has 7 heteroatoms. The Balaban J connectivity index is 1.99. The quantitative estimate of drug-likeness (QED) is 0.645. The summed E-state index contributed by atoms with van der Waals surface area (Å²) in [7, 11) is 1.29. The standard InChI is InChI=1S/C17H16N2O4S/c1-11(20)18-13-6-3-12(4-7-13)5-8-15(21)19-14-9-10-24-16(14)17(22)23-2/h3-10H,1-2H3,(H,18,20)(H,19,21)/b8-5+. The first-order valence-corrected chi connectivity index (χ1v) is 7.90. The molecule has 0 aliphatic carbocycles. The van der Waals surface area contributed by atoms with E-state index in [0.717, 1.165) is 5.56 Å². The van der Waals surface area contributed by atoms with Crippen molar-refractivity contribution in [3.8, 4) is 0 Å². The van der Waals surface area contributed by atoms with E-state index in [1.165, 1.54) is 31.4 Å². The molecule has 0 saturated carbocycles. The van der Waals surface area contributed by atoms with Gasteiger partial charge in [0.05, 0.1) is 12.8 Å². The molecule has 1 aromatic heterocycles. The van der Waals surface area contributed by atoms with Crippen LogP contribution in [0, 0.1) is 0 Å². The van der Waals surface area contributed by atoms with Crippen molar-refractivity contribution in [1.82, 2.24) is 0 Å². The molecule has 1 heterocycles. The number of thiophene rings is 1. The fourth-order valence-corrected chi connectivity index (χ4v) is 2.65. The molecule has 0 spiro atoms. The normalized spacial score (nSPS) is 10.4. The first kappa shape index (κ1) is 17.4. The van der Waals surface area contributed by atoms with E-state index < -0.39 is 5.97 Å². The van der Waals surface area contributed by atoms with Crippen LogP contribution in [0.4, 0.5) is 11.4 Å². The molecule has 0 saturated heterocycles. The van der Waals surface area contributed by atoms with Gasteiger partial charge in [-0.05, 0) is 35.2 Å². The highest BCUT2D eigenvalue weighted by Gasteiger charge is 2.14. The van der Waals surface area contributed by atoms with Gasteiger partial charge < -0.3 is 15.4 Å². The largest absolute Gasteiger partial charge is 0.465 e. The smallest absolute Gasteiger partial charge is 0.350 e. The van der Waals surface area contributed by atoms with Gasteiger partial charge in [0.25, 0.3) is 0 Å². The lowest BCUT2D eigenvalue weighted by Gasteiger charge is -2.03. The minimum Gasteiger partial charge on any atom is -0.465 e. The van der Waals surface area contributed by atoms with Gasteiger partial charge in [-0.25, -0.2) is 4.79 Å². The van der Waals surface area contributed by atoms with Crippen LogP contribution in [0.3, 0.4) is 0 Å². The average Bonchev–Trinajstić information content (AvgIpc) is 3.01. The molecule has 0 aliphatic heterocycles. The maximum absolute atomic E-state index is 12.0. The zero-order valence-electron chi connectivity index (χ0n) is 13.2. The molecule has 24 heavy (non-hydrogen) atoms. The van der Waals surface area contributed by atoms with Gasteiger partial charge in [-0.3, -0.25) is 9.59 Å². The summed E-state index contributed by atoms with van der Waals surface area (Å²) in [6, 6.07) is 8.68. The second-order valence-corrected chi connectivity index (χ2v) is 5.70. The van der Waals surface area contributed by atoms with E-state index in [-0.39, 0.29) is 11.8 Å². The predicted molar refractivity (Wildman–Crippen MR) is 94.1 cm³/mol. The van der Waals surface area contributed by atoms with Crippen LogP contribution in [0.5, 0.6) is 0 Å². The number of anilines is 2. The lowest BCUT2D eigenvalue weighted by Crippen LogP contribution is -2.10. The number of ether oxygens (including phenoxy) is 1. The molecule has 2 aromatic rings. The van der Waals surface area contributed by atoms with Crippen molar-refractivity contribution < 1.29 is 19.1 Å². The summed E-state index contributed by atoms with van der Waals surface area (Å²) in [5.74, 6) is -0.989. The Labute approximate surface area is 143 Å². The number of amides is 2. The van der Waals surface area contributed by atoms with Crippen LogP contribution >= 0.6 is 11.3 Å². The lowest BCUT2D eigenvalue weighted by molar-refractivity contribution is -0.114. The molecule has 0 aliphatic rings. The second-order valence-electron chi connectivity index (χ2n) is 4.78. The van der Waals surface area contributed by atoms with Crippen LogP contribution in [0.25, 0.3) is 6.08 Å². The van der Waals surface area contributed by atoms with Crippen LogP contribution in [0.1, 0.15) is 22.2 Å². The van der Waals surface area contributed by atoms with Crippen molar-refractivity contribution in [2.45, 2.75) is 6.92 Å². The number of carbonyl (C=O) groups excluding carboxylic acids is 3. The SMILES string of the molecule is COC(=O)c1sccc1NC(=O)/C=C/c1ccc(NC(C)=O)cc1. The van der Waals surface area contributed by atoms with E-state index in [4.69, 9.17) is 0 Å². The van der Waals surface area contributed by atoms with Crippen molar-refractivity contribution >= 4 is 46.6 Å². The Hall–Kier alpha value is -2.93. The highest BCUT2D eigenvalue weighted by molar-refractivity contribution is 7.12. The first-order valence-electron chi connectivity index (χ1n) is 7.02. The van der Waals surface area contributed by atoms with Gasteiger partial charge in [-0.2, -0.15) is 0 Å². The van der Waals surface area contributed by atoms with E-state index in [9.17, 15) is 14.4 Å². The number of nitrogens with one attached hydrogen (secondary N) is 2. The van der Waals surface area contributed by atoms with Crippen molar-refractivity contribution in [2.75, 3.05) is 17.7 Å². The molecular formula is C17H16N2O4S. The molecule has 0 fully saturated rings. The van der Waals surface area contributed by atoms with Crippen molar-refractivity contribution in [1.29, 1.82) is 0 Å². The van der Waals surface area contributed by atoms with Gasteiger partial charge in [0.1, 0.15) is 4.88 Å². The number of hydrogen-bond acceptors (Lipinski definition) is 5. The molecule has 2 rings (SSSR count).